The van der Waals surface area contributed by atoms with Gasteiger partial charge in [-0.05, 0) is 29.1 Å². The Morgan fingerprint density at radius 2 is 2.12 bits per heavy atom. The summed E-state index contributed by atoms with van der Waals surface area (Å²) in [7, 11) is 0.477. The summed E-state index contributed by atoms with van der Waals surface area (Å²) in [4.78, 5) is 16.8. The molecular formula is C19H19N4OP. The van der Waals surface area contributed by atoms with Crippen LogP contribution in [0, 0.1) is 11.3 Å². The summed E-state index contributed by atoms with van der Waals surface area (Å²) in [6.07, 6.45) is 7.98. The van der Waals surface area contributed by atoms with E-state index in [1.165, 1.54) is 0 Å². The zero-order chi connectivity index (χ0) is 17.2. The van der Waals surface area contributed by atoms with Gasteiger partial charge in [0.15, 0.2) is 0 Å². The van der Waals surface area contributed by atoms with Gasteiger partial charge in [-0.15, -0.1) is 0 Å². The largest absolute Gasteiger partial charge is 0.368 e. The molecule has 1 saturated heterocycles. The number of nitriles is 1. The summed E-state index contributed by atoms with van der Waals surface area (Å²) in [5.74, 6) is 0.0861. The van der Waals surface area contributed by atoms with E-state index in [9.17, 15) is 4.79 Å². The van der Waals surface area contributed by atoms with Crippen molar-refractivity contribution in [1.29, 1.82) is 5.26 Å². The van der Waals surface area contributed by atoms with Gasteiger partial charge >= 0.3 is 0 Å². The first kappa shape index (κ1) is 16.1. The SMILES string of the molecule is N#Cc1cccc(C2=CC(=O)N3C=C(N4CCNCC4)C=CC3P2)c1. The monoisotopic (exact) mass is 350 g/mol. The van der Waals surface area contributed by atoms with Crippen LogP contribution in [0.2, 0.25) is 0 Å². The Kier molecular flexibility index (Phi) is 4.40. The number of piperazine rings is 1. The summed E-state index contributed by atoms with van der Waals surface area (Å²) in [6.45, 7) is 3.88. The highest BCUT2D eigenvalue weighted by atomic mass is 31.1. The molecule has 4 rings (SSSR count). The molecule has 1 N–H and O–H groups in total. The summed E-state index contributed by atoms with van der Waals surface area (Å²) >= 11 is 0. The van der Waals surface area contributed by atoms with Crippen molar-refractivity contribution >= 4 is 19.8 Å². The van der Waals surface area contributed by atoms with Crippen LogP contribution in [0.5, 0.6) is 0 Å². The molecule has 5 nitrogen and oxygen atoms in total. The fourth-order valence-corrected chi connectivity index (χ4v) is 4.68. The molecule has 0 radical (unpaired) electrons. The molecular weight excluding hydrogens is 331 g/mol. The van der Waals surface area contributed by atoms with Crippen LogP contribution in [-0.2, 0) is 4.79 Å². The lowest BCUT2D eigenvalue weighted by Gasteiger charge is -2.37. The Hall–Kier alpha value is -2.41. The first-order valence-electron chi connectivity index (χ1n) is 8.41. The van der Waals surface area contributed by atoms with E-state index < -0.39 is 0 Å². The molecule has 3 aliphatic heterocycles. The summed E-state index contributed by atoms with van der Waals surface area (Å²) in [5, 5.41) is 13.5. The smallest absolute Gasteiger partial charge is 0.252 e. The predicted molar refractivity (Wildman–Crippen MR) is 99.7 cm³/mol. The number of nitrogens with zero attached hydrogens (tertiary/aromatic N) is 3. The fourth-order valence-electron chi connectivity index (χ4n) is 3.30. The second-order valence-corrected chi connectivity index (χ2v) is 7.65. The van der Waals surface area contributed by atoms with Gasteiger partial charge in [-0.1, -0.05) is 26.8 Å². The first-order valence-corrected chi connectivity index (χ1v) is 9.49. The van der Waals surface area contributed by atoms with Crippen LogP contribution in [0.1, 0.15) is 11.1 Å². The van der Waals surface area contributed by atoms with E-state index in [2.05, 4.69) is 28.4 Å². The van der Waals surface area contributed by atoms with Crippen LogP contribution >= 0.6 is 8.58 Å². The van der Waals surface area contributed by atoms with E-state index in [1.807, 2.05) is 29.3 Å². The molecule has 2 unspecified atom stereocenters. The molecule has 2 atom stereocenters. The van der Waals surface area contributed by atoms with E-state index in [4.69, 9.17) is 5.26 Å². The predicted octanol–water partition coefficient (Wildman–Crippen LogP) is 2.06. The van der Waals surface area contributed by atoms with Gasteiger partial charge in [0.25, 0.3) is 5.91 Å². The van der Waals surface area contributed by atoms with Gasteiger partial charge in [0.2, 0.25) is 0 Å². The molecule has 0 aliphatic carbocycles. The van der Waals surface area contributed by atoms with Crippen molar-refractivity contribution in [3.63, 3.8) is 0 Å². The van der Waals surface area contributed by atoms with Crippen LogP contribution in [0.3, 0.4) is 0 Å². The number of fused-ring (bicyclic) bond motifs is 1. The maximum Gasteiger partial charge on any atom is 0.252 e. The number of amides is 1. The normalized spacial score (nSPS) is 23.8. The van der Waals surface area contributed by atoms with Crippen molar-refractivity contribution < 1.29 is 4.79 Å². The van der Waals surface area contributed by atoms with Gasteiger partial charge in [-0.25, -0.2) is 0 Å². The Bertz CT molecular complexity index is 830. The van der Waals surface area contributed by atoms with Crippen LogP contribution < -0.4 is 5.32 Å². The molecule has 1 aromatic rings. The van der Waals surface area contributed by atoms with Gasteiger partial charge < -0.3 is 15.1 Å². The molecule has 0 aromatic heterocycles. The van der Waals surface area contributed by atoms with Crippen molar-refractivity contribution in [2.75, 3.05) is 26.2 Å². The van der Waals surface area contributed by atoms with Gasteiger partial charge in [0, 0.05) is 38.5 Å². The average molecular weight is 350 g/mol. The van der Waals surface area contributed by atoms with Crippen LogP contribution in [0.15, 0.2) is 54.4 Å². The van der Waals surface area contributed by atoms with E-state index in [1.54, 1.807) is 12.1 Å². The summed E-state index contributed by atoms with van der Waals surface area (Å²) in [6, 6.07) is 9.64. The molecule has 0 bridgehead atoms. The lowest BCUT2D eigenvalue weighted by molar-refractivity contribution is -0.123. The highest BCUT2D eigenvalue weighted by Crippen LogP contribution is 2.44. The second kappa shape index (κ2) is 6.84. The molecule has 1 fully saturated rings. The van der Waals surface area contributed by atoms with Crippen LogP contribution in [0.4, 0.5) is 0 Å². The molecule has 6 heteroatoms. The minimum atomic E-state index is 0.0121. The van der Waals surface area contributed by atoms with Crippen molar-refractivity contribution in [1.82, 2.24) is 15.1 Å². The Labute approximate surface area is 149 Å². The molecule has 0 saturated carbocycles. The highest BCUT2D eigenvalue weighted by molar-refractivity contribution is 7.51. The third-order valence-electron chi connectivity index (χ3n) is 4.63. The molecule has 3 heterocycles. The first-order chi connectivity index (χ1) is 12.2. The Morgan fingerprint density at radius 1 is 1.28 bits per heavy atom. The van der Waals surface area contributed by atoms with E-state index in [-0.39, 0.29) is 11.7 Å². The lowest BCUT2D eigenvalue weighted by Crippen LogP contribution is -2.44. The van der Waals surface area contributed by atoms with E-state index >= 15 is 0 Å². The zero-order valence-corrected chi connectivity index (χ0v) is 14.8. The number of hydrogen-bond donors (Lipinski definition) is 1. The number of nitrogens with one attached hydrogen (secondary N) is 1. The molecule has 1 aromatic carbocycles. The second-order valence-electron chi connectivity index (χ2n) is 6.24. The third-order valence-corrected chi connectivity index (χ3v) is 6.14. The maximum absolute atomic E-state index is 12.7. The van der Waals surface area contributed by atoms with Crippen LogP contribution in [-0.4, -0.2) is 47.7 Å². The molecule has 126 valence electrons. The molecule has 1 amide bonds. The van der Waals surface area contributed by atoms with Gasteiger partial charge in [-0.2, -0.15) is 5.26 Å². The van der Waals surface area contributed by atoms with Crippen molar-refractivity contribution in [3.05, 3.63) is 65.5 Å². The summed E-state index contributed by atoms with van der Waals surface area (Å²) < 4.78 is 0. The molecule has 25 heavy (non-hydrogen) atoms. The fraction of sp³-hybridized carbons (Fsp3) is 0.263. The van der Waals surface area contributed by atoms with Gasteiger partial charge in [0.1, 0.15) is 0 Å². The number of benzene rings is 1. The van der Waals surface area contributed by atoms with Crippen LogP contribution in [0.25, 0.3) is 5.31 Å². The Morgan fingerprint density at radius 3 is 2.92 bits per heavy atom. The van der Waals surface area contributed by atoms with Crippen molar-refractivity contribution in [2.45, 2.75) is 5.78 Å². The number of carbonyl (C=O) groups excluding carboxylic acids is 1. The third kappa shape index (κ3) is 3.24. The molecule has 0 spiro atoms. The van der Waals surface area contributed by atoms with E-state index in [0.717, 1.165) is 42.8 Å². The van der Waals surface area contributed by atoms with Crippen molar-refractivity contribution in [2.24, 2.45) is 0 Å². The minimum Gasteiger partial charge on any atom is -0.368 e. The lowest BCUT2D eigenvalue weighted by atomic mass is 10.1. The highest BCUT2D eigenvalue weighted by Gasteiger charge is 2.29. The number of rotatable bonds is 2. The number of hydrogen-bond acceptors (Lipinski definition) is 4. The number of allylic oxidation sites excluding steroid dienone is 1. The average Bonchev–Trinajstić information content (AvgIpc) is 2.68. The standard InChI is InChI=1S/C19H19N4OP/c20-12-14-2-1-3-15(10-14)17-11-18(24)23-13-16(4-5-19(23)25-17)22-8-6-21-7-9-22/h1-5,10-11,13,19,21,25H,6-9H2. The Balaban J connectivity index is 1.58. The maximum atomic E-state index is 12.7. The quantitative estimate of drug-likeness (QED) is 0.830. The number of carbonyl (C=O) groups is 1. The molecule has 3 aliphatic rings. The van der Waals surface area contributed by atoms with Gasteiger partial charge in [-0.3, -0.25) is 4.79 Å². The zero-order valence-electron chi connectivity index (χ0n) is 13.8. The van der Waals surface area contributed by atoms with Gasteiger partial charge in [0.05, 0.1) is 23.1 Å². The minimum absolute atomic E-state index is 0.0121. The van der Waals surface area contributed by atoms with E-state index in [0.29, 0.717) is 14.1 Å². The topological polar surface area (TPSA) is 59.4 Å². The summed E-state index contributed by atoms with van der Waals surface area (Å²) in [5.41, 5.74) is 2.70. The van der Waals surface area contributed by atoms with Crippen molar-refractivity contribution in [3.8, 4) is 6.07 Å².